The zero-order valence-corrected chi connectivity index (χ0v) is 20.1. The number of amides is 1. The summed E-state index contributed by atoms with van der Waals surface area (Å²) in [6.45, 7) is 0.342. The molecule has 0 aliphatic heterocycles. The largest absolute Gasteiger partial charge is 0.396 e. The van der Waals surface area contributed by atoms with Crippen molar-refractivity contribution in [1.82, 2.24) is 14.1 Å². The smallest absolute Gasteiger partial charge is 0.268 e. The van der Waals surface area contributed by atoms with E-state index in [0.29, 0.717) is 34.6 Å². The van der Waals surface area contributed by atoms with E-state index < -0.39 is 15.9 Å². The van der Waals surface area contributed by atoms with Crippen molar-refractivity contribution in [3.05, 3.63) is 57.7 Å². The number of rotatable bonds is 9. The Balaban J connectivity index is 1.85. The van der Waals surface area contributed by atoms with E-state index in [1.807, 2.05) is 36.4 Å². The van der Waals surface area contributed by atoms with Crippen LogP contribution in [-0.4, -0.2) is 52.9 Å². The van der Waals surface area contributed by atoms with Gasteiger partial charge in [-0.3, -0.25) is 4.79 Å². The van der Waals surface area contributed by atoms with E-state index in [0.717, 1.165) is 28.4 Å². The standard InChI is InChI=1S/C22H25BrN4O4S/c1-32(30,31)26(9-2-10-28)13-15-11-20-19(12-18(15)14-3-4-14)21(22(24)29)27(25-20)17-7-5-16(23)6-8-17/h5-8,11-12,14,28H,2-4,9-10,13H2,1H3,(H2,24,29). The van der Waals surface area contributed by atoms with Gasteiger partial charge in [0, 0.05) is 29.6 Å². The number of aliphatic hydroxyl groups excluding tert-OH is 1. The molecule has 170 valence electrons. The van der Waals surface area contributed by atoms with Gasteiger partial charge in [-0.1, -0.05) is 15.9 Å². The van der Waals surface area contributed by atoms with Crippen LogP contribution in [0.2, 0.25) is 0 Å². The number of aliphatic hydroxyl groups is 1. The zero-order valence-electron chi connectivity index (χ0n) is 17.7. The number of hydrogen-bond acceptors (Lipinski definition) is 5. The first-order valence-corrected chi connectivity index (χ1v) is 13.0. The molecule has 1 amide bonds. The maximum atomic E-state index is 12.4. The Kier molecular flexibility index (Phi) is 6.39. The molecule has 1 aliphatic rings. The van der Waals surface area contributed by atoms with Crippen molar-refractivity contribution < 1.29 is 18.3 Å². The highest BCUT2D eigenvalue weighted by Gasteiger charge is 2.30. The van der Waals surface area contributed by atoms with Crippen molar-refractivity contribution in [2.45, 2.75) is 31.7 Å². The molecular weight excluding hydrogens is 496 g/mol. The molecule has 8 nitrogen and oxygen atoms in total. The highest BCUT2D eigenvalue weighted by molar-refractivity contribution is 9.10. The van der Waals surface area contributed by atoms with Crippen LogP contribution in [0.15, 0.2) is 40.9 Å². The predicted octanol–water partition coefficient (Wildman–Crippen LogP) is 2.91. The number of halogens is 1. The van der Waals surface area contributed by atoms with Gasteiger partial charge in [0.25, 0.3) is 5.91 Å². The lowest BCUT2D eigenvalue weighted by Crippen LogP contribution is -2.31. The number of benzene rings is 2. The molecule has 1 saturated carbocycles. The van der Waals surface area contributed by atoms with Gasteiger partial charge in [-0.05, 0) is 72.7 Å². The van der Waals surface area contributed by atoms with Crippen molar-refractivity contribution in [3.8, 4) is 5.69 Å². The molecule has 0 unspecified atom stereocenters. The third kappa shape index (κ3) is 4.73. The van der Waals surface area contributed by atoms with Crippen LogP contribution in [0.3, 0.4) is 0 Å². The summed E-state index contributed by atoms with van der Waals surface area (Å²) in [6, 6.07) is 11.2. The van der Waals surface area contributed by atoms with Gasteiger partial charge < -0.3 is 10.8 Å². The lowest BCUT2D eigenvalue weighted by molar-refractivity contribution is 0.0994. The third-order valence-corrected chi connectivity index (χ3v) is 7.41. The van der Waals surface area contributed by atoms with Crippen LogP contribution in [0.25, 0.3) is 16.6 Å². The van der Waals surface area contributed by atoms with Crippen molar-refractivity contribution in [1.29, 1.82) is 0 Å². The van der Waals surface area contributed by atoms with Gasteiger partial charge >= 0.3 is 0 Å². The molecule has 0 atom stereocenters. The molecule has 3 aromatic rings. The molecule has 0 spiro atoms. The number of carbonyl (C=O) groups excluding carboxylic acids is 1. The van der Waals surface area contributed by atoms with E-state index in [9.17, 15) is 18.3 Å². The van der Waals surface area contributed by atoms with Crippen molar-refractivity contribution in [3.63, 3.8) is 0 Å². The normalized spacial score (nSPS) is 14.4. The number of nitrogens with zero attached hydrogens (tertiary/aromatic N) is 3. The Morgan fingerprint density at radius 2 is 1.97 bits per heavy atom. The topological polar surface area (TPSA) is 119 Å². The number of primary amides is 1. The Labute approximate surface area is 195 Å². The monoisotopic (exact) mass is 520 g/mol. The molecule has 2 aromatic carbocycles. The number of fused-ring (bicyclic) bond motifs is 1. The summed E-state index contributed by atoms with van der Waals surface area (Å²) in [7, 11) is -3.46. The van der Waals surface area contributed by atoms with Crippen molar-refractivity contribution >= 4 is 42.8 Å². The predicted molar refractivity (Wildman–Crippen MR) is 126 cm³/mol. The minimum atomic E-state index is -3.46. The van der Waals surface area contributed by atoms with Gasteiger partial charge in [0.2, 0.25) is 10.0 Å². The average molecular weight is 521 g/mol. The summed E-state index contributed by atoms with van der Waals surface area (Å²) in [5, 5.41) is 14.5. The second-order valence-electron chi connectivity index (χ2n) is 8.12. The van der Waals surface area contributed by atoms with Crippen LogP contribution in [-0.2, 0) is 16.6 Å². The molecule has 10 heteroatoms. The lowest BCUT2D eigenvalue weighted by atomic mass is 9.99. The quantitative estimate of drug-likeness (QED) is 0.449. The van der Waals surface area contributed by atoms with Gasteiger partial charge in [0.1, 0.15) is 5.69 Å². The third-order valence-electron chi connectivity index (χ3n) is 5.64. The van der Waals surface area contributed by atoms with Gasteiger partial charge in [0.15, 0.2) is 0 Å². The van der Waals surface area contributed by atoms with Crippen molar-refractivity contribution in [2.75, 3.05) is 19.4 Å². The van der Waals surface area contributed by atoms with E-state index in [1.54, 1.807) is 4.68 Å². The summed E-state index contributed by atoms with van der Waals surface area (Å²) >= 11 is 3.41. The Bertz CT molecular complexity index is 1270. The fourth-order valence-corrected chi connectivity index (χ4v) is 5.01. The molecule has 1 aliphatic carbocycles. The van der Waals surface area contributed by atoms with Crippen LogP contribution in [0, 0.1) is 0 Å². The van der Waals surface area contributed by atoms with Crippen LogP contribution in [0.5, 0.6) is 0 Å². The first-order valence-electron chi connectivity index (χ1n) is 10.4. The summed E-state index contributed by atoms with van der Waals surface area (Å²) in [4.78, 5) is 12.4. The highest BCUT2D eigenvalue weighted by atomic mass is 79.9. The minimum Gasteiger partial charge on any atom is -0.396 e. The molecule has 4 rings (SSSR count). The molecule has 0 saturated heterocycles. The van der Waals surface area contributed by atoms with E-state index in [4.69, 9.17) is 5.73 Å². The number of aromatic nitrogens is 2. The van der Waals surface area contributed by atoms with E-state index >= 15 is 0 Å². The summed E-state index contributed by atoms with van der Waals surface area (Å²) in [6.07, 6.45) is 3.56. The summed E-state index contributed by atoms with van der Waals surface area (Å²) in [5.74, 6) is -0.254. The molecule has 3 N–H and O–H groups in total. The SMILES string of the molecule is CS(=O)(=O)N(CCCO)Cc1cc2nn(-c3ccc(Br)cc3)c(C(N)=O)c2cc1C1CC1. The minimum absolute atomic E-state index is 0.0832. The number of carbonyl (C=O) groups is 1. The maximum absolute atomic E-state index is 12.4. The fraction of sp³-hybridized carbons (Fsp3) is 0.364. The van der Waals surface area contributed by atoms with Gasteiger partial charge in [-0.25, -0.2) is 13.1 Å². The Morgan fingerprint density at radius 1 is 1.28 bits per heavy atom. The molecule has 1 fully saturated rings. The summed E-state index contributed by atoms with van der Waals surface area (Å²) in [5.41, 5.74) is 9.21. The summed E-state index contributed by atoms with van der Waals surface area (Å²) < 4.78 is 28.5. The number of nitrogens with two attached hydrogens (primary N) is 1. The van der Waals surface area contributed by atoms with Crippen LogP contribution >= 0.6 is 15.9 Å². The molecular formula is C22H25BrN4O4S. The Morgan fingerprint density at radius 3 is 2.53 bits per heavy atom. The Hall–Kier alpha value is -2.27. The molecule has 0 bridgehead atoms. The number of hydrogen-bond donors (Lipinski definition) is 2. The highest BCUT2D eigenvalue weighted by Crippen LogP contribution is 2.43. The first-order chi connectivity index (χ1) is 15.2. The molecule has 1 aromatic heterocycles. The van der Waals surface area contributed by atoms with Gasteiger partial charge in [-0.2, -0.15) is 9.40 Å². The van der Waals surface area contributed by atoms with Crippen LogP contribution in [0.4, 0.5) is 0 Å². The van der Waals surface area contributed by atoms with Gasteiger partial charge in [-0.15, -0.1) is 0 Å². The lowest BCUT2D eigenvalue weighted by Gasteiger charge is -2.21. The first kappa shape index (κ1) is 22.9. The average Bonchev–Trinajstić information content (AvgIpc) is 3.50. The second-order valence-corrected chi connectivity index (χ2v) is 11.0. The maximum Gasteiger partial charge on any atom is 0.268 e. The molecule has 1 heterocycles. The molecule has 0 radical (unpaired) electrons. The van der Waals surface area contributed by atoms with E-state index in [-0.39, 0.29) is 19.7 Å². The van der Waals surface area contributed by atoms with E-state index in [1.165, 1.54) is 10.6 Å². The van der Waals surface area contributed by atoms with E-state index in [2.05, 4.69) is 21.0 Å². The van der Waals surface area contributed by atoms with Crippen LogP contribution in [0.1, 0.15) is 46.8 Å². The van der Waals surface area contributed by atoms with Crippen molar-refractivity contribution in [2.24, 2.45) is 5.73 Å². The zero-order chi connectivity index (χ0) is 23.0. The molecule has 32 heavy (non-hydrogen) atoms. The fourth-order valence-electron chi connectivity index (χ4n) is 3.91. The second kappa shape index (κ2) is 8.93. The van der Waals surface area contributed by atoms with Crippen LogP contribution < -0.4 is 5.73 Å². The van der Waals surface area contributed by atoms with Gasteiger partial charge in [0.05, 0.1) is 17.5 Å². The number of sulfonamides is 1.